The molecule has 0 radical (unpaired) electrons. The molecule has 0 fully saturated rings. The summed E-state index contributed by atoms with van der Waals surface area (Å²) in [5.41, 5.74) is 2.90. The van der Waals surface area contributed by atoms with E-state index in [0.29, 0.717) is 5.56 Å². The average Bonchev–Trinajstić information content (AvgIpc) is 3.03. The minimum atomic E-state index is -0.570. The van der Waals surface area contributed by atoms with Crippen molar-refractivity contribution < 1.29 is 14.8 Å². The van der Waals surface area contributed by atoms with Gasteiger partial charge in [-0.15, -0.1) is 0 Å². The van der Waals surface area contributed by atoms with Gasteiger partial charge in [-0.3, -0.25) is 14.9 Å². The number of carbonyl (C=O) groups is 1. The zero-order valence-corrected chi connectivity index (χ0v) is 13.0. The fourth-order valence-corrected chi connectivity index (χ4v) is 2.81. The molecule has 0 bridgehead atoms. The van der Waals surface area contributed by atoms with Crippen molar-refractivity contribution >= 4 is 39.2 Å². The van der Waals surface area contributed by atoms with E-state index in [1.807, 2.05) is 24.3 Å². The third-order valence-electron chi connectivity index (χ3n) is 3.27. The number of thiophene rings is 1. The number of fused-ring (bicyclic) bond motifs is 1. The van der Waals surface area contributed by atoms with Crippen molar-refractivity contribution in [2.75, 3.05) is 0 Å². The highest BCUT2D eigenvalue weighted by molar-refractivity contribution is 7.13. The predicted molar refractivity (Wildman–Crippen MR) is 91.6 cm³/mol. The van der Waals surface area contributed by atoms with E-state index in [0.717, 1.165) is 22.1 Å². The molecule has 0 aliphatic rings. The molecule has 1 aromatic heterocycles. The molecule has 0 aliphatic heterocycles. The topological polar surface area (TPSA) is 105 Å². The van der Waals surface area contributed by atoms with Crippen molar-refractivity contribution in [3.63, 3.8) is 0 Å². The number of phenolic OH excluding ortho intramolecular Hbond substituents is 1. The lowest BCUT2D eigenvalue weighted by molar-refractivity contribution is -0.380. The van der Waals surface area contributed by atoms with Gasteiger partial charge in [-0.2, -0.15) is 5.10 Å². The van der Waals surface area contributed by atoms with Gasteiger partial charge in [-0.05, 0) is 22.9 Å². The van der Waals surface area contributed by atoms with Gasteiger partial charge >= 0.3 is 5.00 Å². The van der Waals surface area contributed by atoms with Gasteiger partial charge in [0.15, 0.2) is 0 Å². The van der Waals surface area contributed by atoms with Crippen molar-refractivity contribution in [1.29, 1.82) is 0 Å². The van der Waals surface area contributed by atoms with Crippen LogP contribution in [-0.2, 0) is 0 Å². The molecule has 24 heavy (non-hydrogen) atoms. The second-order valence-corrected chi connectivity index (χ2v) is 5.78. The number of rotatable bonds is 4. The molecule has 3 aromatic rings. The monoisotopic (exact) mass is 341 g/mol. The van der Waals surface area contributed by atoms with Crippen LogP contribution in [0.4, 0.5) is 5.00 Å². The van der Waals surface area contributed by atoms with E-state index in [9.17, 15) is 20.0 Å². The summed E-state index contributed by atoms with van der Waals surface area (Å²) in [7, 11) is 0. The molecule has 7 nitrogen and oxygen atoms in total. The van der Waals surface area contributed by atoms with E-state index in [4.69, 9.17) is 0 Å². The molecule has 0 saturated carbocycles. The summed E-state index contributed by atoms with van der Waals surface area (Å²) in [5.74, 6) is -0.716. The highest BCUT2D eigenvalue weighted by atomic mass is 32.1. The van der Waals surface area contributed by atoms with Crippen LogP contribution in [0.1, 0.15) is 15.9 Å². The number of hydrogen-bond acceptors (Lipinski definition) is 6. The summed E-state index contributed by atoms with van der Waals surface area (Å²) in [6.07, 6.45) is 1.31. The number of phenols is 1. The number of hydrazone groups is 1. The Bertz CT molecular complexity index is 965. The molecule has 1 amide bonds. The summed E-state index contributed by atoms with van der Waals surface area (Å²) in [6, 6.07) is 11.8. The second kappa shape index (κ2) is 6.47. The number of amides is 1. The van der Waals surface area contributed by atoms with Gasteiger partial charge in [0.05, 0.1) is 16.7 Å². The Morgan fingerprint density at radius 1 is 1.25 bits per heavy atom. The number of hydrogen-bond donors (Lipinski definition) is 2. The lowest BCUT2D eigenvalue weighted by atomic mass is 10.1. The quantitative estimate of drug-likeness (QED) is 0.431. The van der Waals surface area contributed by atoms with E-state index in [1.54, 1.807) is 11.4 Å². The average molecular weight is 341 g/mol. The fraction of sp³-hybridized carbons (Fsp3) is 0. The predicted octanol–water partition coefficient (Wildman–Crippen LogP) is 3.28. The van der Waals surface area contributed by atoms with Gasteiger partial charge in [-0.25, -0.2) is 5.43 Å². The Kier molecular flexibility index (Phi) is 4.21. The maximum Gasteiger partial charge on any atom is 0.324 e. The third kappa shape index (κ3) is 3.23. The van der Waals surface area contributed by atoms with Crippen molar-refractivity contribution in [2.45, 2.75) is 0 Å². The molecule has 1 heterocycles. The Labute approximate surface area is 140 Å². The molecule has 0 unspecified atom stereocenters. The molecule has 2 aromatic carbocycles. The van der Waals surface area contributed by atoms with E-state index in [-0.39, 0.29) is 16.3 Å². The molecule has 3 rings (SSSR count). The highest BCUT2D eigenvalue weighted by Gasteiger charge is 2.12. The van der Waals surface area contributed by atoms with Crippen molar-refractivity contribution in [2.24, 2.45) is 5.10 Å². The summed E-state index contributed by atoms with van der Waals surface area (Å²) in [5, 5.41) is 27.5. The fourth-order valence-electron chi connectivity index (χ4n) is 2.14. The first-order valence-corrected chi connectivity index (χ1v) is 7.70. The Hall–Kier alpha value is -3.26. The number of aromatic hydroxyl groups is 1. The summed E-state index contributed by atoms with van der Waals surface area (Å²) in [4.78, 5) is 22.2. The standard InChI is InChI=1S/C16H11N3O4S/c20-14-7-12-4-2-1-3-11(12)6-13(14)16(21)18-17-8-10-5-15(19(22)23)24-9-10/h1-9,20H,(H,18,21). The Balaban J connectivity index is 1.75. The van der Waals surface area contributed by atoms with Crippen molar-refractivity contribution in [3.05, 3.63) is 69.1 Å². The maximum atomic E-state index is 12.1. The van der Waals surface area contributed by atoms with Gasteiger partial charge in [0.2, 0.25) is 0 Å². The van der Waals surface area contributed by atoms with E-state index in [1.165, 1.54) is 18.3 Å². The van der Waals surface area contributed by atoms with Gasteiger partial charge in [0.1, 0.15) is 5.75 Å². The normalized spacial score (nSPS) is 11.0. The minimum absolute atomic E-state index is 0.00468. The first kappa shape index (κ1) is 15.6. The van der Waals surface area contributed by atoms with Gasteiger partial charge < -0.3 is 5.11 Å². The lowest BCUT2D eigenvalue weighted by Gasteiger charge is -2.05. The van der Waals surface area contributed by atoms with Crippen LogP contribution in [0.15, 0.2) is 52.9 Å². The van der Waals surface area contributed by atoms with E-state index < -0.39 is 10.8 Å². The molecule has 0 spiro atoms. The molecule has 8 heteroatoms. The van der Waals surface area contributed by atoms with Crippen molar-refractivity contribution in [1.82, 2.24) is 5.43 Å². The van der Waals surface area contributed by atoms with Crippen LogP contribution in [0.2, 0.25) is 0 Å². The number of benzene rings is 2. The van der Waals surface area contributed by atoms with E-state index in [2.05, 4.69) is 10.5 Å². The summed E-state index contributed by atoms with van der Waals surface area (Å²) in [6.45, 7) is 0. The number of nitrogens with one attached hydrogen (secondary N) is 1. The smallest absolute Gasteiger partial charge is 0.324 e. The van der Waals surface area contributed by atoms with Gasteiger partial charge in [0, 0.05) is 17.0 Å². The van der Waals surface area contributed by atoms with Crippen LogP contribution < -0.4 is 5.43 Å². The van der Waals surface area contributed by atoms with Gasteiger partial charge in [-0.1, -0.05) is 35.6 Å². The zero-order valence-electron chi connectivity index (χ0n) is 12.2. The van der Waals surface area contributed by atoms with Crippen LogP contribution in [-0.4, -0.2) is 22.2 Å². The van der Waals surface area contributed by atoms with Crippen LogP contribution >= 0.6 is 11.3 Å². The Morgan fingerprint density at radius 2 is 1.96 bits per heavy atom. The lowest BCUT2D eigenvalue weighted by Crippen LogP contribution is -2.17. The first-order chi connectivity index (χ1) is 11.5. The molecular formula is C16H11N3O4S. The molecular weight excluding hydrogens is 330 g/mol. The zero-order chi connectivity index (χ0) is 17.1. The van der Waals surface area contributed by atoms with Crippen LogP contribution in [0.25, 0.3) is 10.8 Å². The number of nitrogens with zero attached hydrogens (tertiary/aromatic N) is 2. The number of nitro groups is 1. The van der Waals surface area contributed by atoms with Crippen LogP contribution in [0, 0.1) is 10.1 Å². The summed E-state index contributed by atoms with van der Waals surface area (Å²) < 4.78 is 0. The molecule has 0 atom stereocenters. The molecule has 2 N–H and O–H groups in total. The second-order valence-electron chi connectivity index (χ2n) is 4.89. The summed E-state index contributed by atoms with van der Waals surface area (Å²) >= 11 is 0.974. The Morgan fingerprint density at radius 3 is 2.62 bits per heavy atom. The third-order valence-corrected chi connectivity index (χ3v) is 4.17. The molecule has 120 valence electrons. The van der Waals surface area contributed by atoms with E-state index >= 15 is 0 Å². The minimum Gasteiger partial charge on any atom is -0.507 e. The SMILES string of the molecule is O=C(NN=Cc1csc([N+](=O)[O-])c1)c1cc2ccccc2cc1O. The molecule has 0 aliphatic carbocycles. The first-order valence-electron chi connectivity index (χ1n) is 6.82. The highest BCUT2D eigenvalue weighted by Crippen LogP contribution is 2.25. The largest absolute Gasteiger partial charge is 0.507 e. The van der Waals surface area contributed by atoms with Crippen molar-refractivity contribution in [3.8, 4) is 5.75 Å². The van der Waals surface area contributed by atoms with Crippen LogP contribution in [0.5, 0.6) is 5.75 Å². The number of carbonyl (C=O) groups excluding carboxylic acids is 1. The van der Waals surface area contributed by atoms with Crippen LogP contribution in [0.3, 0.4) is 0 Å². The maximum absolute atomic E-state index is 12.1. The van der Waals surface area contributed by atoms with Gasteiger partial charge in [0.25, 0.3) is 5.91 Å². The molecule has 0 saturated heterocycles.